The Morgan fingerprint density at radius 1 is 0.333 bits per heavy atom. The lowest BCUT2D eigenvalue weighted by atomic mass is 10.0. The van der Waals surface area contributed by atoms with E-state index >= 15 is 0 Å². The minimum atomic E-state index is 0.348. The monoisotopic (exact) mass is 774 g/mol. The molecule has 0 aliphatic rings. The zero-order valence-corrected chi connectivity index (χ0v) is 33.1. The van der Waals surface area contributed by atoms with E-state index in [2.05, 4.69) is 79.1 Å². The largest absolute Gasteiger partial charge is 0.292 e. The third-order valence-electron chi connectivity index (χ3n) is 10.5. The zero-order chi connectivity index (χ0) is 40.4. The second-order valence-corrected chi connectivity index (χ2v) is 14.9. The Balaban J connectivity index is 1.26. The van der Waals surface area contributed by atoms with Crippen molar-refractivity contribution in [1.82, 2.24) is 39.5 Å². The van der Waals surface area contributed by atoms with E-state index in [4.69, 9.17) is 34.9 Å². The molecule has 286 valence electrons. The molecule has 0 fully saturated rings. The van der Waals surface area contributed by atoms with Crippen LogP contribution in [0, 0.1) is 0 Å². The number of fused-ring (bicyclic) bond motifs is 1. The molecule has 8 heteroatoms. The van der Waals surface area contributed by atoms with Crippen LogP contribution in [0.3, 0.4) is 0 Å². The Hall–Kier alpha value is -7.97. The Morgan fingerprint density at radius 2 is 0.717 bits per heavy atom. The molecule has 0 saturated carbocycles. The highest BCUT2D eigenvalue weighted by atomic mass is 15.1. The summed E-state index contributed by atoms with van der Waals surface area (Å²) in [6, 6.07) is 63.3. The molecule has 10 aromatic rings. The van der Waals surface area contributed by atoms with Gasteiger partial charge in [0, 0.05) is 44.6 Å². The van der Waals surface area contributed by atoms with Gasteiger partial charge in [-0.15, -0.1) is 0 Å². The van der Waals surface area contributed by atoms with E-state index in [9.17, 15) is 0 Å². The molecule has 0 radical (unpaired) electrons. The van der Waals surface area contributed by atoms with Gasteiger partial charge in [-0.05, 0) is 53.9 Å². The fraction of sp³-hybridized carbons (Fsp3) is 0.0577. The lowest BCUT2D eigenvalue weighted by Crippen LogP contribution is -2.03. The van der Waals surface area contributed by atoms with Crippen LogP contribution < -0.4 is 0 Å². The highest BCUT2D eigenvalue weighted by molar-refractivity contribution is 5.86. The molecule has 7 aromatic carbocycles. The van der Waals surface area contributed by atoms with Crippen LogP contribution in [0.15, 0.2) is 188 Å². The summed E-state index contributed by atoms with van der Waals surface area (Å²) in [5, 5.41) is 0. The van der Waals surface area contributed by atoms with Crippen molar-refractivity contribution in [2.45, 2.75) is 19.8 Å². The molecule has 0 saturated heterocycles. The summed E-state index contributed by atoms with van der Waals surface area (Å²) in [5.41, 5.74) is 10.1. The Kier molecular flexibility index (Phi) is 9.55. The van der Waals surface area contributed by atoms with Crippen molar-refractivity contribution in [1.29, 1.82) is 0 Å². The molecule has 3 aromatic heterocycles. The van der Waals surface area contributed by atoms with Crippen molar-refractivity contribution in [3.05, 3.63) is 194 Å². The van der Waals surface area contributed by atoms with Crippen molar-refractivity contribution in [3.8, 4) is 85.4 Å². The molecule has 0 unspecified atom stereocenters. The molecule has 60 heavy (non-hydrogen) atoms. The molecule has 0 amide bonds. The number of imidazole rings is 1. The number of para-hydroxylation sites is 2. The maximum absolute atomic E-state index is 5.32. The minimum Gasteiger partial charge on any atom is -0.292 e. The second-order valence-electron chi connectivity index (χ2n) is 14.9. The van der Waals surface area contributed by atoms with Crippen LogP contribution in [0.4, 0.5) is 0 Å². The van der Waals surface area contributed by atoms with Gasteiger partial charge < -0.3 is 0 Å². The summed E-state index contributed by atoms with van der Waals surface area (Å²) in [4.78, 5) is 35.9. The van der Waals surface area contributed by atoms with Crippen LogP contribution in [0.1, 0.15) is 25.3 Å². The lowest BCUT2D eigenvalue weighted by molar-refractivity contribution is 0.863. The van der Waals surface area contributed by atoms with Gasteiger partial charge in [0.2, 0.25) is 0 Å². The zero-order valence-electron chi connectivity index (χ0n) is 33.1. The maximum Gasteiger partial charge on any atom is 0.164 e. The number of hydrogen-bond acceptors (Lipinski definition) is 7. The average molecular weight is 775 g/mol. The SMILES string of the molecule is CC(C)c1cccc(-n2c(-c3cc(-c4nc(-c5ccccc5)nc(-c5ccccc5)n4)cc(-c4nc(-c5ccccc5)nc(-c5ccccc5)n4)c3)nc3ccccc32)c1. The molecular weight excluding hydrogens is 737 g/mol. The van der Waals surface area contributed by atoms with Crippen molar-refractivity contribution >= 4 is 11.0 Å². The van der Waals surface area contributed by atoms with Crippen LogP contribution in [0.2, 0.25) is 0 Å². The van der Waals surface area contributed by atoms with Gasteiger partial charge in [-0.25, -0.2) is 34.9 Å². The predicted octanol–water partition coefficient (Wildman–Crippen LogP) is 12.2. The number of hydrogen-bond donors (Lipinski definition) is 0. The van der Waals surface area contributed by atoms with Crippen LogP contribution in [-0.2, 0) is 0 Å². The van der Waals surface area contributed by atoms with Crippen LogP contribution in [0.25, 0.3) is 96.4 Å². The van der Waals surface area contributed by atoms with Crippen LogP contribution in [0.5, 0.6) is 0 Å². The Labute approximate surface area is 348 Å². The number of nitrogens with zero attached hydrogens (tertiary/aromatic N) is 8. The Bertz CT molecular complexity index is 2850. The van der Waals surface area contributed by atoms with E-state index in [1.807, 2.05) is 127 Å². The van der Waals surface area contributed by atoms with Crippen molar-refractivity contribution in [3.63, 3.8) is 0 Å². The predicted molar refractivity (Wildman–Crippen MR) is 240 cm³/mol. The topological polar surface area (TPSA) is 95.2 Å². The maximum atomic E-state index is 5.32. The van der Waals surface area contributed by atoms with Crippen LogP contribution in [-0.4, -0.2) is 39.5 Å². The van der Waals surface area contributed by atoms with E-state index in [0.717, 1.165) is 61.5 Å². The fourth-order valence-electron chi connectivity index (χ4n) is 7.39. The van der Waals surface area contributed by atoms with E-state index < -0.39 is 0 Å². The van der Waals surface area contributed by atoms with E-state index in [1.165, 1.54) is 5.56 Å². The minimum absolute atomic E-state index is 0.348. The lowest BCUT2D eigenvalue weighted by Gasteiger charge is -2.15. The van der Waals surface area contributed by atoms with E-state index in [-0.39, 0.29) is 0 Å². The first kappa shape index (κ1) is 36.4. The van der Waals surface area contributed by atoms with Crippen molar-refractivity contribution < 1.29 is 0 Å². The molecule has 0 N–H and O–H groups in total. The van der Waals surface area contributed by atoms with Gasteiger partial charge in [0.05, 0.1) is 11.0 Å². The van der Waals surface area contributed by atoms with Gasteiger partial charge in [-0.3, -0.25) is 4.57 Å². The summed E-state index contributed by atoms with van der Waals surface area (Å²) in [7, 11) is 0. The molecule has 0 aliphatic heterocycles. The van der Waals surface area contributed by atoms with Crippen molar-refractivity contribution in [2.24, 2.45) is 0 Å². The van der Waals surface area contributed by atoms with Gasteiger partial charge in [-0.1, -0.05) is 159 Å². The number of aromatic nitrogens is 8. The molecule has 0 aliphatic carbocycles. The quantitative estimate of drug-likeness (QED) is 0.144. The molecule has 8 nitrogen and oxygen atoms in total. The standard InChI is InChI=1S/C52H38N8/c1-34(2)39-26-17-27-43(33-39)60-45-29-16-15-28-44(45)53-52(60)42-31-40(50-56-46(35-18-7-3-8-19-35)54-47(57-50)36-20-9-4-10-21-36)30-41(32-42)51-58-48(37-22-11-5-12-23-37)55-49(59-51)38-24-13-6-14-25-38/h3-34H,1-2H3. The number of rotatable bonds is 9. The summed E-state index contributed by atoms with van der Waals surface area (Å²) in [5.74, 6) is 4.42. The third kappa shape index (κ3) is 7.22. The highest BCUT2D eigenvalue weighted by Gasteiger charge is 2.21. The highest BCUT2D eigenvalue weighted by Crippen LogP contribution is 2.36. The van der Waals surface area contributed by atoms with Gasteiger partial charge in [0.25, 0.3) is 0 Å². The van der Waals surface area contributed by atoms with Gasteiger partial charge in [-0.2, -0.15) is 0 Å². The molecule has 3 heterocycles. The Morgan fingerprint density at radius 3 is 1.15 bits per heavy atom. The normalized spacial score (nSPS) is 11.3. The first-order valence-electron chi connectivity index (χ1n) is 20.0. The third-order valence-corrected chi connectivity index (χ3v) is 10.5. The summed E-state index contributed by atoms with van der Waals surface area (Å²) >= 11 is 0. The first-order valence-corrected chi connectivity index (χ1v) is 20.0. The molecule has 0 spiro atoms. The first-order chi connectivity index (χ1) is 29.5. The molecule has 10 rings (SSSR count). The van der Waals surface area contributed by atoms with Crippen molar-refractivity contribution in [2.75, 3.05) is 0 Å². The van der Waals surface area contributed by atoms with E-state index in [1.54, 1.807) is 0 Å². The number of benzene rings is 7. The molecule has 0 bridgehead atoms. The summed E-state index contributed by atoms with van der Waals surface area (Å²) in [6.07, 6.45) is 0. The summed E-state index contributed by atoms with van der Waals surface area (Å²) in [6.45, 7) is 4.43. The van der Waals surface area contributed by atoms with Gasteiger partial charge in [0.15, 0.2) is 34.9 Å². The van der Waals surface area contributed by atoms with E-state index in [0.29, 0.717) is 40.9 Å². The second kappa shape index (κ2) is 15.8. The smallest absolute Gasteiger partial charge is 0.164 e. The fourth-order valence-corrected chi connectivity index (χ4v) is 7.39. The van der Waals surface area contributed by atoms with Crippen LogP contribution >= 0.6 is 0 Å². The summed E-state index contributed by atoms with van der Waals surface area (Å²) < 4.78 is 2.24. The molecular formula is C52H38N8. The molecule has 0 atom stereocenters. The average Bonchev–Trinajstić information content (AvgIpc) is 3.72. The van der Waals surface area contributed by atoms with Gasteiger partial charge in [0.1, 0.15) is 5.82 Å². The van der Waals surface area contributed by atoms with Gasteiger partial charge >= 0.3 is 0 Å².